The predicted octanol–water partition coefficient (Wildman–Crippen LogP) is 0.719. The van der Waals surface area contributed by atoms with Crippen molar-refractivity contribution in [2.45, 2.75) is 19.9 Å². The number of aryl methyl sites for hydroxylation is 1. The van der Waals surface area contributed by atoms with E-state index in [2.05, 4.69) is 15.9 Å². The van der Waals surface area contributed by atoms with Gasteiger partial charge in [-0.2, -0.15) is 0 Å². The fourth-order valence-corrected chi connectivity index (χ4v) is 1.60. The van der Waals surface area contributed by atoms with Gasteiger partial charge in [0, 0.05) is 19.8 Å². The van der Waals surface area contributed by atoms with Crippen LogP contribution in [0.15, 0.2) is 20.3 Å². The molecular formula is C8H11BrN2O2. The van der Waals surface area contributed by atoms with Crippen molar-refractivity contribution in [1.29, 1.82) is 0 Å². The molecule has 0 aliphatic carbocycles. The Bertz CT molecular complexity index is 419. The van der Waals surface area contributed by atoms with Crippen molar-refractivity contribution in [2.24, 2.45) is 7.05 Å². The van der Waals surface area contributed by atoms with Crippen molar-refractivity contribution in [3.63, 3.8) is 0 Å². The molecule has 0 saturated heterocycles. The molecular weight excluding hydrogens is 236 g/mol. The second kappa shape index (κ2) is 3.91. The highest BCUT2D eigenvalue weighted by Crippen LogP contribution is 1.99. The first kappa shape index (κ1) is 10.2. The van der Waals surface area contributed by atoms with Crippen LogP contribution in [-0.4, -0.2) is 9.13 Å². The van der Waals surface area contributed by atoms with E-state index in [1.165, 1.54) is 17.8 Å². The van der Waals surface area contributed by atoms with Gasteiger partial charge in [-0.15, -0.1) is 0 Å². The van der Waals surface area contributed by atoms with Gasteiger partial charge in [-0.3, -0.25) is 13.9 Å². The summed E-state index contributed by atoms with van der Waals surface area (Å²) in [5.74, 6) is 0. The third kappa shape index (κ3) is 1.91. The lowest BCUT2D eigenvalue weighted by Crippen LogP contribution is -2.37. The molecule has 0 unspecified atom stereocenters. The zero-order valence-corrected chi connectivity index (χ0v) is 9.17. The third-order valence-electron chi connectivity index (χ3n) is 1.78. The van der Waals surface area contributed by atoms with Crippen LogP contribution in [0.5, 0.6) is 0 Å². The maximum Gasteiger partial charge on any atom is 0.330 e. The van der Waals surface area contributed by atoms with Crippen LogP contribution in [0.2, 0.25) is 0 Å². The minimum Gasteiger partial charge on any atom is -0.299 e. The minimum atomic E-state index is -0.294. The van der Waals surface area contributed by atoms with Crippen LogP contribution in [-0.2, 0) is 13.6 Å². The van der Waals surface area contributed by atoms with Gasteiger partial charge >= 0.3 is 5.69 Å². The van der Waals surface area contributed by atoms with Gasteiger partial charge in [-0.05, 0) is 22.4 Å². The van der Waals surface area contributed by atoms with E-state index in [0.717, 1.165) is 11.0 Å². The number of rotatable bonds is 2. The molecule has 1 aromatic rings. The van der Waals surface area contributed by atoms with Gasteiger partial charge in [0.05, 0.1) is 4.47 Å². The molecule has 1 heterocycles. The number of hydrogen-bond acceptors (Lipinski definition) is 2. The van der Waals surface area contributed by atoms with Gasteiger partial charge in [-0.25, -0.2) is 4.79 Å². The van der Waals surface area contributed by atoms with E-state index in [0.29, 0.717) is 11.0 Å². The number of hydrogen-bond donors (Lipinski definition) is 0. The zero-order chi connectivity index (χ0) is 10.0. The Morgan fingerprint density at radius 2 is 2.08 bits per heavy atom. The molecule has 0 aliphatic rings. The van der Waals surface area contributed by atoms with Crippen molar-refractivity contribution >= 4 is 15.9 Å². The van der Waals surface area contributed by atoms with Gasteiger partial charge in [0.1, 0.15) is 0 Å². The molecule has 0 amide bonds. The summed E-state index contributed by atoms with van der Waals surface area (Å²) in [6, 6.07) is 0. The molecule has 5 heteroatoms. The Morgan fingerprint density at radius 1 is 1.46 bits per heavy atom. The molecule has 0 saturated carbocycles. The Kier molecular flexibility index (Phi) is 3.08. The van der Waals surface area contributed by atoms with Gasteiger partial charge in [-0.1, -0.05) is 6.92 Å². The topological polar surface area (TPSA) is 44.0 Å². The van der Waals surface area contributed by atoms with Crippen molar-refractivity contribution in [3.05, 3.63) is 31.5 Å². The summed E-state index contributed by atoms with van der Waals surface area (Å²) in [6.07, 6.45) is 2.40. The lowest BCUT2D eigenvalue weighted by Gasteiger charge is -2.05. The minimum absolute atomic E-state index is 0.268. The first-order valence-electron chi connectivity index (χ1n) is 4.04. The molecule has 1 aromatic heterocycles. The molecule has 0 radical (unpaired) electrons. The second-order valence-electron chi connectivity index (χ2n) is 2.82. The van der Waals surface area contributed by atoms with Gasteiger partial charge < -0.3 is 0 Å². The highest BCUT2D eigenvalue weighted by atomic mass is 79.9. The van der Waals surface area contributed by atoms with Crippen molar-refractivity contribution in [2.75, 3.05) is 0 Å². The van der Waals surface area contributed by atoms with E-state index >= 15 is 0 Å². The maximum atomic E-state index is 11.4. The highest BCUT2D eigenvalue weighted by molar-refractivity contribution is 9.10. The van der Waals surface area contributed by atoms with E-state index in [4.69, 9.17) is 0 Å². The molecule has 4 nitrogen and oxygen atoms in total. The Hall–Kier alpha value is -0.840. The van der Waals surface area contributed by atoms with Crippen LogP contribution in [0.1, 0.15) is 13.3 Å². The molecule has 0 fully saturated rings. The van der Waals surface area contributed by atoms with Crippen molar-refractivity contribution < 1.29 is 0 Å². The summed E-state index contributed by atoms with van der Waals surface area (Å²) in [6.45, 7) is 2.61. The molecule has 0 bridgehead atoms. The van der Waals surface area contributed by atoms with Crippen LogP contribution >= 0.6 is 15.9 Å². The number of halogens is 1. The van der Waals surface area contributed by atoms with E-state index in [1.54, 1.807) is 0 Å². The second-order valence-corrected chi connectivity index (χ2v) is 3.67. The number of aromatic nitrogens is 2. The van der Waals surface area contributed by atoms with Crippen LogP contribution in [0.25, 0.3) is 0 Å². The van der Waals surface area contributed by atoms with Gasteiger partial charge in [0.2, 0.25) is 0 Å². The summed E-state index contributed by atoms with van der Waals surface area (Å²) >= 11 is 3.11. The normalized spacial score (nSPS) is 10.4. The summed E-state index contributed by atoms with van der Waals surface area (Å²) in [5.41, 5.74) is -0.563. The fourth-order valence-electron chi connectivity index (χ4n) is 1.09. The van der Waals surface area contributed by atoms with E-state index in [9.17, 15) is 9.59 Å². The average Bonchev–Trinajstić information content (AvgIpc) is 2.11. The molecule has 72 valence electrons. The zero-order valence-electron chi connectivity index (χ0n) is 7.58. The predicted molar refractivity (Wildman–Crippen MR) is 53.9 cm³/mol. The van der Waals surface area contributed by atoms with E-state index in [1.807, 2.05) is 6.92 Å². The lowest BCUT2D eigenvalue weighted by atomic mass is 10.4. The molecule has 0 N–H and O–H groups in total. The Labute approximate surface area is 83.9 Å². The first-order chi connectivity index (χ1) is 6.07. The first-order valence-corrected chi connectivity index (χ1v) is 4.83. The van der Waals surface area contributed by atoms with Gasteiger partial charge in [0.25, 0.3) is 5.56 Å². The average molecular weight is 247 g/mol. The smallest absolute Gasteiger partial charge is 0.299 e. The van der Waals surface area contributed by atoms with E-state index in [-0.39, 0.29) is 11.2 Å². The van der Waals surface area contributed by atoms with Gasteiger partial charge in [0.15, 0.2) is 0 Å². The van der Waals surface area contributed by atoms with Crippen molar-refractivity contribution in [3.8, 4) is 0 Å². The van der Waals surface area contributed by atoms with Crippen LogP contribution in [0, 0.1) is 0 Å². The van der Waals surface area contributed by atoms with Crippen LogP contribution < -0.4 is 11.2 Å². The summed E-state index contributed by atoms with van der Waals surface area (Å²) in [5, 5.41) is 0. The monoisotopic (exact) mass is 246 g/mol. The number of nitrogens with zero attached hydrogens (tertiary/aromatic N) is 2. The van der Waals surface area contributed by atoms with Crippen molar-refractivity contribution in [1.82, 2.24) is 9.13 Å². The Balaban J connectivity index is 3.42. The SMILES string of the molecule is CCCn1cc(Br)c(=O)n(C)c1=O. The van der Waals surface area contributed by atoms with E-state index < -0.39 is 0 Å². The maximum absolute atomic E-state index is 11.4. The lowest BCUT2D eigenvalue weighted by molar-refractivity contribution is 0.586. The largest absolute Gasteiger partial charge is 0.330 e. The summed E-state index contributed by atoms with van der Waals surface area (Å²) < 4.78 is 3.04. The molecule has 0 atom stereocenters. The third-order valence-corrected chi connectivity index (χ3v) is 2.32. The molecule has 0 aromatic carbocycles. The van der Waals surface area contributed by atoms with Crippen LogP contribution in [0.4, 0.5) is 0 Å². The summed E-state index contributed by atoms with van der Waals surface area (Å²) in [4.78, 5) is 22.7. The quantitative estimate of drug-likeness (QED) is 0.772. The molecule has 13 heavy (non-hydrogen) atoms. The fraction of sp³-hybridized carbons (Fsp3) is 0.500. The Morgan fingerprint density at radius 3 is 2.62 bits per heavy atom. The van der Waals surface area contributed by atoms with Crippen LogP contribution in [0.3, 0.4) is 0 Å². The molecule has 0 spiro atoms. The molecule has 0 aliphatic heterocycles. The highest BCUT2D eigenvalue weighted by Gasteiger charge is 2.04. The molecule has 1 rings (SSSR count). The standard InChI is InChI=1S/C8H11BrN2O2/c1-3-4-11-5-6(9)7(12)10(2)8(11)13/h5H,3-4H2,1-2H3. The summed E-state index contributed by atoms with van der Waals surface area (Å²) in [7, 11) is 1.47.